The molecule has 0 heterocycles. The van der Waals surface area contributed by atoms with E-state index in [1.807, 2.05) is 0 Å². The van der Waals surface area contributed by atoms with Crippen LogP contribution in [0.1, 0.15) is 98.3 Å². The third-order valence-electron chi connectivity index (χ3n) is 6.28. The summed E-state index contributed by atoms with van der Waals surface area (Å²) in [7, 11) is -2.14. The standard InChI is InChI=1S/C21H42O2Si/c1-5-7-14-23-24(22-13-6-2,20-11-9-8-10-12-20)21-16-18(3)15-19(4)17-21/h18-21H,5-17H2,1-4H3. The van der Waals surface area contributed by atoms with Crippen LogP contribution in [0.4, 0.5) is 0 Å². The summed E-state index contributed by atoms with van der Waals surface area (Å²) in [6, 6.07) is 0. The van der Waals surface area contributed by atoms with E-state index in [4.69, 9.17) is 8.85 Å². The van der Waals surface area contributed by atoms with Crippen LogP contribution in [-0.4, -0.2) is 21.8 Å². The topological polar surface area (TPSA) is 18.5 Å². The van der Waals surface area contributed by atoms with Gasteiger partial charge >= 0.3 is 8.56 Å². The second kappa shape index (κ2) is 10.3. The molecule has 2 rings (SSSR count). The summed E-state index contributed by atoms with van der Waals surface area (Å²) >= 11 is 0. The molecular formula is C21H42O2Si. The van der Waals surface area contributed by atoms with Crippen LogP contribution in [0.25, 0.3) is 0 Å². The first-order valence-corrected chi connectivity index (χ1v) is 12.9. The summed E-state index contributed by atoms with van der Waals surface area (Å²) in [5, 5.41) is 0. The molecule has 24 heavy (non-hydrogen) atoms. The molecule has 142 valence electrons. The molecule has 3 unspecified atom stereocenters. The first-order valence-electron chi connectivity index (χ1n) is 10.9. The highest BCUT2D eigenvalue weighted by Gasteiger charge is 2.53. The fourth-order valence-corrected chi connectivity index (χ4v) is 10.6. The lowest BCUT2D eigenvalue weighted by molar-refractivity contribution is 0.122. The Bertz CT molecular complexity index is 333. The molecule has 0 aromatic carbocycles. The van der Waals surface area contributed by atoms with Crippen LogP contribution in [-0.2, 0) is 8.85 Å². The molecule has 0 aliphatic heterocycles. The van der Waals surface area contributed by atoms with Gasteiger partial charge in [0.05, 0.1) is 0 Å². The van der Waals surface area contributed by atoms with Gasteiger partial charge in [-0.3, -0.25) is 0 Å². The van der Waals surface area contributed by atoms with E-state index in [-0.39, 0.29) is 0 Å². The summed E-state index contributed by atoms with van der Waals surface area (Å²) in [4.78, 5) is 0. The molecule has 0 saturated heterocycles. The normalized spacial score (nSPS) is 31.8. The highest BCUT2D eigenvalue weighted by molar-refractivity contribution is 6.70. The average Bonchev–Trinajstić information content (AvgIpc) is 2.58. The van der Waals surface area contributed by atoms with Crippen molar-refractivity contribution in [2.24, 2.45) is 11.8 Å². The van der Waals surface area contributed by atoms with Crippen molar-refractivity contribution in [1.82, 2.24) is 0 Å². The molecule has 0 N–H and O–H groups in total. The Balaban J connectivity index is 2.23. The van der Waals surface area contributed by atoms with E-state index in [9.17, 15) is 0 Å². The predicted octanol–water partition coefficient (Wildman–Crippen LogP) is 6.83. The Kier molecular flexibility index (Phi) is 8.80. The summed E-state index contributed by atoms with van der Waals surface area (Å²) in [6.45, 7) is 11.3. The lowest BCUT2D eigenvalue weighted by Gasteiger charge is -2.47. The minimum absolute atomic E-state index is 0.725. The van der Waals surface area contributed by atoms with E-state index in [0.29, 0.717) is 0 Å². The van der Waals surface area contributed by atoms with Gasteiger partial charge in [-0.15, -0.1) is 0 Å². The van der Waals surface area contributed by atoms with Gasteiger partial charge in [-0.2, -0.15) is 0 Å². The maximum absolute atomic E-state index is 6.86. The molecule has 2 saturated carbocycles. The van der Waals surface area contributed by atoms with Crippen LogP contribution >= 0.6 is 0 Å². The van der Waals surface area contributed by atoms with Crippen LogP contribution in [0.15, 0.2) is 0 Å². The lowest BCUT2D eigenvalue weighted by Crippen LogP contribution is -2.53. The molecule has 2 nitrogen and oxygen atoms in total. The monoisotopic (exact) mass is 354 g/mol. The third kappa shape index (κ3) is 5.31. The quantitative estimate of drug-likeness (QED) is 0.333. The van der Waals surface area contributed by atoms with E-state index in [0.717, 1.165) is 42.6 Å². The fourth-order valence-electron chi connectivity index (χ4n) is 5.26. The van der Waals surface area contributed by atoms with Crippen molar-refractivity contribution >= 4 is 8.56 Å². The summed E-state index contributed by atoms with van der Waals surface area (Å²) in [5.74, 6) is 1.68. The minimum atomic E-state index is -2.14. The molecule has 3 heteroatoms. The molecule has 2 fully saturated rings. The van der Waals surface area contributed by atoms with E-state index in [1.165, 1.54) is 64.2 Å². The molecule has 0 aromatic rings. The first kappa shape index (κ1) is 20.4. The Hall–Kier alpha value is 0.137. The predicted molar refractivity (Wildman–Crippen MR) is 106 cm³/mol. The van der Waals surface area contributed by atoms with E-state index < -0.39 is 8.56 Å². The fraction of sp³-hybridized carbons (Fsp3) is 1.00. The van der Waals surface area contributed by atoms with Gasteiger partial charge in [0.25, 0.3) is 0 Å². The van der Waals surface area contributed by atoms with Gasteiger partial charge in [0, 0.05) is 24.3 Å². The molecule has 3 atom stereocenters. The number of rotatable bonds is 9. The van der Waals surface area contributed by atoms with Crippen LogP contribution in [0.2, 0.25) is 11.1 Å². The number of hydrogen-bond acceptors (Lipinski definition) is 2. The Labute approximate surface area is 152 Å². The zero-order valence-corrected chi connectivity index (χ0v) is 17.8. The van der Waals surface area contributed by atoms with Gasteiger partial charge in [0.1, 0.15) is 0 Å². The van der Waals surface area contributed by atoms with E-state index >= 15 is 0 Å². The molecule has 2 aliphatic rings. The number of hydrogen-bond donors (Lipinski definition) is 0. The van der Waals surface area contributed by atoms with Crippen LogP contribution < -0.4 is 0 Å². The van der Waals surface area contributed by atoms with Crippen molar-refractivity contribution in [3.63, 3.8) is 0 Å². The Morgan fingerprint density at radius 3 is 1.96 bits per heavy atom. The largest absolute Gasteiger partial charge is 0.394 e. The van der Waals surface area contributed by atoms with Crippen molar-refractivity contribution in [3.8, 4) is 0 Å². The molecule has 0 radical (unpaired) electrons. The van der Waals surface area contributed by atoms with Crippen LogP contribution in [0.3, 0.4) is 0 Å². The smallest absolute Gasteiger partial charge is 0.344 e. The van der Waals surface area contributed by atoms with Gasteiger partial charge < -0.3 is 8.85 Å². The second-order valence-electron chi connectivity index (χ2n) is 8.72. The molecule has 0 bridgehead atoms. The third-order valence-corrected chi connectivity index (χ3v) is 10.9. The van der Waals surface area contributed by atoms with Crippen LogP contribution in [0.5, 0.6) is 0 Å². The van der Waals surface area contributed by atoms with Gasteiger partial charge in [0.2, 0.25) is 0 Å². The van der Waals surface area contributed by atoms with Crippen LogP contribution in [0, 0.1) is 11.8 Å². The van der Waals surface area contributed by atoms with E-state index in [1.54, 1.807) is 0 Å². The van der Waals surface area contributed by atoms with Crippen molar-refractivity contribution < 1.29 is 8.85 Å². The minimum Gasteiger partial charge on any atom is -0.394 e. The van der Waals surface area contributed by atoms with Gasteiger partial charge in [0.15, 0.2) is 0 Å². The van der Waals surface area contributed by atoms with Crippen molar-refractivity contribution in [1.29, 1.82) is 0 Å². The maximum Gasteiger partial charge on any atom is 0.344 e. The Morgan fingerprint density at radius 1 is 0.750 bits per heavy atom. The maximum atomic E-state index is 6.86. The molecule has 2 aliphatic carbocycles. The molecule has 0 amide bonds. The lowest BCUT2D eigenvalue weighted by atomic mass is 9.83. The first-order chi connectivity index (χ1) is 11.6. The zero-order valence-electron chi connectivity index (χ0n) is 16.8. The van der Waals surface area contributed by atoms with Crippen molar-refractivity contribution in [2.75, 3.05) is 13.2 Å². The average molecular weight is 355 g/mol. The highest BCUT2D eigenvalue weighted by Crippen LogP contribution is 2.51. The van der Waals surface area contributed by atoms with Gasteiger partial charge in [-0.05, 0) is 56.8 Å². The summed E-state index contributed by atoms with van der Waals surface area (Å²) in [5.41, 5.74) is 1.47. The Morgan fingerprint density at radius 2 is 1.38 bits per heavy atom. The van der Waals surface area contributed by atoms with Gasteiger partial charge in [-0.25, -0.2) is 0 Å². The molecule has 0 spiro atoms. The molecule has 0 aromatic heterocycles. The van der Waals surface area contributed by atoms with E-state index in [2.05, 4.69) is 27.7 Å². The van der Waals surface area contributed by atoms with Crippen molar-refractivity contribution in [2.45, 2.75) is 109 Å². The zero-order chi connectivity index (χ0) is 17.4. The van der Waals surface area contributed by atoms with Gasteiger partial charge in [-0.1, -0.05) is 53.4 Å². The molecular weight excluding hydrogens is 312 g/mol. The number of unbranched alkanes of at least 4 members (excludes halogenated alkanes) is 1. The second-order valence-corrected chi connectivity index (χ2v) is 12.4. The summed E-state index contributed by atoms with van der Waals surface area (Å²) in [6.07, 6.45) is 14.6. The summed E-state index contributed by atoms with van der Waals surface area (Å²) < 4.78 is 13.7. The SMILES string of the molecule is CCCCO[Si](OCCC)(C1CCCCC1)C1CC(C)CC(C)C1. The van der Waals surface area contributed by atoms with Crippen molar-refractivity contribution in [3.05, 3.63) is 0 Å². The highest BCUT2D eigenvalue weighted by atomic mass is 28.4.